The third-order valence-electron chi connectivity index (χ3n) is 5.99. The highest BCUT2D eigenvalue weighted by Crippen LogP contribution is 2.46. The second kappa shape index (κ2) is 8.32. The minimum Gasteiger partial charge on any atom is -0.0654 e. The first-order chi connectivity index (χ1) is 9.33. The quantitative estimate of drug-likeness (QED) is 0.455. The molecule has 0 aromatic carbocycles. The smallest absolute Gasteiger partial charge is 0.0383 e. The van der Waals surface area contributed by atoms with E-state index >= 15 is 0 Å². The highest BCUT2D eigenvalue weighted by molar-refractivity contribution is 4.86. The van der Waals surface area contributed by atoms with Gasteiger partial charge in [0.1, 0.15) is 0 Å². The average molecular weight is 264 g/mol. The zero-order chi connectivity index (χ0) is 13.5. The van der Waals surface area contributed by atoms with E-state index in [9.17, 15) is 0 Å². The molecule has 2 aliphatic carbocycles. The van der Waals surface area contributed by atoms with Gasteiger partial charge in [-0.25, -0.2) is 0 Å². The van der Waals surface area contributed by atoms with E-state index in [0.717, 1.165) is 23.7 Å². The van der Waals surface area contributed by atoms with Gasteiger partial charge in [-0.05, 0) is 49.4 Å². The number of hydrogen-bond donors (Lipinski definition) is 0. The van der Waals surface area contributed by atoms with E-state index in [0.29, 0.717) is 0 Å². The van der Waals surface area contributed by atoms with E-state index < -0.39 is 0 Å². The van der Waals surface area contributed by atoms with Gasteiger partial charge in [0.15, 0.2) is 0 Å². The summed E-state index contributed by atoms with van der Waals surface area (Å²) in [7, 11) is 0. The summed E-state index contributed by atoms with van der Waals surface area (Å²) < 4.78 is 0. The first kappa shape index (κ1) is 15.4. The summed E-state index contributed by atoms with van der Waals surface area (Å²) in [6.45, 7) is 4.68. The van der Waals surface area contributed by atoms with Crippen LogP contribution >= 0.6 is 0 Å². The number of unbranched alkanes of at least 4 members (excludes halogenated alkanes) is 3. The van der Waals surface area contributed by atoms with E-state index in [2.05, 4.69) is 13.8 Å². The molecule has 2 saturated carbocycles. The van der Waals surface area contributed by atoms with Gasteiger partial charge in [-0.3, -0.25) is 0 Å². The fourth-order valence-electron chi connectivity index (χ4n) is 4.88. The molecule has 0 heterocycles. The molecule has 0 amide bonds. The van der Waals surface area contributed by atoms with Crippen molar-refractivity contribution in [2.24, 2.45) is 23.7 Å². The molecule has 0 N–H and O–H groups in total. The molecule has 4 atom stereocenters. The maximum Gasteiger partial charge on any atom is -0.0383 e. The zero-order valence-electron chi connectivity index (χ0n) is 13.5. The van der Waals surface area contributed by atoms with Gasteiger partial charge < -0.3 is 0 Å². The standard InChI is InChI=1S/C19H36/c1-3-5-6-7-9-17-11-13-18-14-16(8-4-2)10-12-19(18)15-17/h16-19H,3-15H2,1-2H3/t16?,17-,18-,19?/m1/s1. The molecule has 0 saturated heterocycles. The molecular formula is C19H36. The van der Waals surface area contributed by atoms with Crippen molar-refractivity contribution in [2.75, 3.05) is 0 Å². The number of rotatable bonds is 7. The Kier molecular flexibility index (Phi) is 6.74. The van der Waals surface area contributed by atoms with Crippen LogP contribution in [0.4, 0.5) is 0 Å². The molecule has 0 heteroatoms. The summed E-state index contributed by atoms with van der Waals surface area (Å²) in [6, 6.07) is 0. The molecule has 2 aliphatic rings. The van der Waals surface area contributed by atoms with Gasteiger partial charge in [0.2, 0.25) is 0 Å². The van der Waals surface area contributed by atoms with Crippen molar-refractivity contribution in [1.82, 2.24) is 0 Å². The predicted molar refractivity (Wildman–Crippen MR) is 85.3 cm³/mol. The van der Waals surface area contributed by atoms with Gasteiger partial charge in [0, 0.05) is 0 Å². The summed E-state index contributed by atoms with van der Waals surface area (Å²) in [4.78, 5) is 0. The molecule has 0 bridgehead atoms. The largest absolute Gasteiger partial charge is 0.0654 e. The first-order valence-corrected chi connectivity index (χ1v) is 9.33. The highest BCUT2D eigenvalue weighted by atomic mass is 14.4. The minimum atomic E-state index is 1.09. The van der Waals surface area contributed by atoms with Gasteiger partial charge in [-0.1, -0.05) is 71.6 Å². The Bertz CT molecular complexity index is 232. The van der Waals surface area contributed by atoms with Crippen LogP contribution in [0.5, 0.6) is 0 Å². The molecule has 2 fully saturated rings. The molecule has 112 valence electrons. The minimum absolute atomic E-state index is 1.09. The van der Waals surface area contributed by atoms with Crippen LogP contribution in [-0.2, 0) is 0 Å². The Morgan fingerprint density at radius 2 is 1.26 bits per heavy atom. The zero-order valence-corrected chi connectivity index (χ0v) is 13.5. The Morgan fingerprint density at radius 1 is 0.632 bits per heavy atom. The van der Waals surface area contributed by atoms with E-state index in [1.165, 1.54) is 38.5 Å². The van der Waals surface area contributed by atoms with Crippen LogP contribution in [0, 0.1) is 23.7 Å². The van der Waals surface area contributed by atoms with E-state index in [-0.39, 0.29) is 0 Å². The lowest BCUT2D eigenvalue weighted by Crippen LogP contribution is -2.31. The third kappa shape index (κ3) is 4.80. The van der Waals surface area contributed by atoms with Crippen molar-refractivity contribution in [3.05, 3.63) is 0 Å². The lowest BCUT2D eigenvalue weighted by molar-refractivity contribution is 0.0911. The molecule has 2 rings (SSSR count). The average Bonchev–Trinajstić information content (AvgIpc) is 2.44. The fraction of sp³-hybridized carbons (Fsp3) is 1.00. The molecule has 0 nitrogen and oxygen atoms in total. The Labute approximate surface area is 121 Å². The summed E-state index contributed by atoms with van der Waals surface area (Å²) in [6.07, 6.45) is 19.7. The van der Waals surface area contributed by atoms with Crippen molar-refractivity contribution >= 4 is 0 Å². The van der Waals surface area contributed by atoms with Crippen LogP contribution in [0.25, 0.3) is 0 Å². The maximum absolute atomic E-state index is 2.36. The van der Waals surface area contributed by atoms with Crippen LogP contribution in [0.1, 0.15) is 97.3 Å². The summed E-state index contributed by atoms with van der Waals surface area (Å²) in [5.74, 6) is 4.43. The monoisotopic (exact) mass is 264 g/mol. The number of hydrogen-bond acceptors (Lipinski definition) is 0. The van der Waals surface area contributed by atoms with Gasteiger partial charge in [-0.2, -0.15) is 0 Å². The molecule has 0 aromatic rings. The molecule has 0 aliphatic heterocycles. The van der Waals surface area contributed by atoms with Crippen LogP contribution < -0.4 is 0 Å². The van der Waals surface area contributed by atoms with Crippen molar-refractivity contribution in [3.63, 3.8) is 0 Å². The summed E-state index contributed by atoms with van der Waals surface area (Å²) >= 11 is 0. The topological polar surface area (TPSA) is 0 Å². The van der Waals surface area contributed by atoms with Crippen LogP contribution in [0.3, 0.4) is 0 Å². The Morgan fingerprint density at radius 3 is 1.84 bits per heavy atom. The van der Waals surface area contributed by atoms with Crippen LogP contribution in [-0.4, -0.2) is 0 Å². The van der Waals surface area contributed by atoms with Gasteiger partial charge in [-0.15, -0.1) is 0 Å². The van der Waals surface area contributed by atoms with Crippen molar-refractivity contribution in [1.29, 1.82) is 0 Å². The third-order valence-corrected chi connectivity index (χ3v) is 5.99. The van der Waals surface area contributed by atoms with E-state index in [1.807, 2.05) is 0 Å². The molecule has 0 aromatic heterocycles. The lowest BCUT2D eigenvalue weighted by Gasteiger charge is -2.42. The normalized spacial score (nSPS) is 35.1. The van der Waals surface area contributed by atoms with Gasteiger partial charge in [0.25, 0.3) is 0 Å². The van der Waals surface area contributed by atoms with E-state index in [1.54, 1.807) is 44.9 Å². The van der Waals surface area contributed by atoms with Crippen molar-refractivity contribution in [2.45, 2.75) is 97.3 Å². The van der Waals surface area contributed by atoms with Crippen LogP contribution in [0.2, 0.25) is 0 Å². The number of fused-ring (bicyclic) bond motifs is 1. The Hall–Kier alpha value is 0. The SMILES string of the molecule is CCCCCC[C@@H]1CC[C@@H]2CC(CCC)CCC2C1. The predicted octanol–water partition coefficient (Wildman–Crippen LogP) is 6.59. The Balaban J connectivity index is 1.67. The van der Waals surface area contributed by atoms with Gasteiger partial charge >= 0.3 is 0 Å². The lowest BCUT2D eigenvalue weighted by atomic mass is 9.63. The highest BCUT2D eigenvalue weighted by Gasteiger charge is 2.34. The van der Waals surface area contributed by atoms with Crippen molar-refractivity contribution < 1.29 is 0 Å². The molecule has 0 radical (unpaired) electrons. The molecular weight excluding hydrogens is 228 g/mol. The molecule has 0 spiro atoms. The van der Waals surface area contributed by atoms with Crippen molar-refractivity contribution in [3.8, 4) is 0 Å². The second-order valence-corrected chi connectivity index (χ2v) is 7.52. The second-order valence-electron chi connectivity index (χ2n) is 7.52. The van der Waals surface area contributed by atoms with E-state index in [4.69, 9.17) is 0 Å². The summed E-state index contributed by atoms with van der Waals surface area (Å²) in [5, 5.41) is 0. The molecule has 19 heavy (non-hydrogen) atoms. The van der Waals surface area contributed by atoms with Crippen LogP contribution in [0.15, 0.2) is 0 Å². The summed E-state index contributed by atoms with van der Waals surface area (Å²) in [5.41, 5.74) is 0. The fourth-order valence-corrected chi connectivity index (χ4v) is 4.88. The van der Waals surface area contributed by atoms with Gasteiger partial charge in [0.05, 0.1) is 0 Å². The maximum atomic E-state index is 2.36. The first-order valence-electron chi connectivity index (χ1n) is 9.33. The molecule has 2 unspecified atom stereocenters.